The summed E-state index contributed by atoms with van der Waals surface area (Å²) in [7, 11) is 0. The summed E-state index contributed by atoms with van der Waals surface area (Å²) in [5.41, 5.74) is 7.07. The molecule has 2 aliphatic rings. The van der Waals surface area contributed by atoms with E-state index in [2.05, 4.69) is 36.4 Å². The molecule has 0 bridgehead atoms. The van der Waals surface area contributed by atoms with Crippen molar-refractivity contribution in [2.75, 3.05) is 17.2 Å². The van der Waals surface area contributed by atoms with Gasteiger partial charge >= 0.3 is 0 Å². The van der Waals surface area contributed by atoms with E-state index in [-0.39, 0.29) is 24.4 Å². The summed E-state index contributed by atoms with van der Waals surface area (Å²) in [6, 6.07) is 1.55. The number of ether oxygens (including phenoxy) is 2. The van der Waals surface area contributed by atoms with Crippen molar-refractivity contribution in [3.8, 4) is 11.6 Å². The van der Waals surface area contributed by atoms with E-state index in [9.17, 15) is 9.59 Å². The third-order valence-corrected chi connectivity index (χ3v) is 4.29. The fraction of sp³-hybridized carbons (Fsp3) is 0.353. The number of hydrogen-bond donors (Lipinski definition) is 4. The Hall–Kier alpha value is -3.31. The van der Waals surface area contributed by atoms with Gasteiger partial charge in [0.2, 0.25) is 5.88 Å². The Bertz CT molecular complexity index is 893. The number of nitrogens with zero attached hydrogens (tertiary/aromatic N) is 3. The Morgan fingerprint density at radius 3 is 2.82 bits per heavy atom. The molecule has 4 rings (SSSR count). The van der Waals surface area contributed by atoms with Crippen LogP contribution in [0.2, 0.25) is 0 Å². The molecule has 2 aliphatic heterocycles. The molecule has 0 saturated heterocycles. The van der Waals surface area contributed by atoms with E-state index in [1.165, 1.54) is 12.5 Å². The minimum atomic E-state index is -0.700. The molecule has 3 atom stereocenters. The van der Waals surface area contributed by atoms with Crippen molar-refractivity contribution in [1.82, 2.24) is 25.8 Å². The number of rotatable bonds is 6. The summed E-state index contributed by atoms with van der Waals surface area (Å²) in [6.45, 7) is 2.12. The number of amides is 2. The van der Waals surface area contributed by atoms with Gasteiger partial charge in [-0.05, 0) is 13.0 Å². The van der Waals surface area contributed by atoms with E-state index >= 15 is 0 Å². The maximum Gasteiger partial charge on any atom is 0.266 e. The van der Waals surface area contributed by atoms with Gasteiger partial charge in [0.25, 0.3) is 11.8 Å². The minimum Gasteiger partial charge on any atom is -0.475 e. The molecule has 0 radical (unpaired) electrons. The van der Waals surface area contributed by atoms with E-state index in [4.69, 9.17) is 9.47 Å². The van der Waals surface area contributed by atoms with Gasteiger partial charge in [0.05, 0.1) is 24.6 Å². The van der Waals surface area contributed by atoms with Crippen LogP contribution in [0.5, 0.6) is 11.6 Å². The van der Waals surface area contributed by atoms with Gasteiger partial charge in [0.1, 0.15) is 12.0 Å². The van der Waals surface area contributed by atoms with E-state index in [0.717, 1.165) is 0 Å². The lowest BCUT2D eigenvalue weighted by atomic mass is 10.1. The Balaban J connectivity index is 1.26. The SMILES string of the molecule is CC(CC1Oc2ncncc2NC1=O)NNCC1Oc2cnccc2NC1=O. The number of carbonyl (C=O) groups is 2. The molecule has 2 aromatic rings. The molecule has 28 heavy (non-hydrogen) atoms. The van der Waals surface area contributed by atoms with Crippen LogP contribution in [0.4, 0.5) is 11.4 Å². The zero-order valence-electron chi connectivity index (χ0n) is 15.0. The van der Waals surface area contributed by atoms with Crippen LogP contribution in [-0.4, -0.2) is 51.6 Å². The molecule has 0 aliphatic carbocycles. The molecule has 2 aromatic heterocycles. The van der Waals surface area contributed by atoms with Crippen molar-refractivity contribution in [1.29, 1.82) is 0 Å². The zero-order valence-corrected chi connectivity index (χ0v) is 15.0. The lowest BCUT2D eigenvalue weighted by Gasteiger charge is -2.28. The Labute approximate surface area is 160 Å². The van der Waals surface area contributed by atoms with Crippen LogP contribution in [0.15, 0.2) is 31.0 Å². The first-order valence-corrected chi connectivity index (χ1v) is 8.77. The maximum absolute atomic E-state index is 12.2. The van der Waals surface area contributed by atoms with Gasteiger partial charge in [0.15, 0.2) is 18.0 Å². The van der Waals surface area contributed by atoms with Crippen LogP contribution in [0.1, 0.15) is 13.3 Å². The molecule has 3 unspecified atom stereocenters. The van der Waals surface area contributed by atoms with Gasteiger partial charge in [-0.2, -0.15) is 4.98 Å². The number of hydrogen-bond acceptors (Lipinski definition) is 9. The maximum atomic E-state index is 12.2. The molecule has 0 fully saturated rings. The zero-order chi connectivity index (χ0) is 19.5. The van der Waals surface area contributed by atoms with Gasteiger partial charge in [-0.1, -0.05) is 0 Å². The Morgan fingerprint density at radius 2 is 1.93 bits per heavy atom. The molecule has 11 nitrogen and oxygen atoms in total. The highest BCUT2D eigenvalue weighted by Gasteiger charge is 2.31. The highest BCUT2D eigenvalue weighted by Crippen LogP contribution is 2.28. The largest absolute Gasteiger partial charge is 0.475 e. The summed E-state index contributed by atoms with van der Waals surface area (Å²) in [4.78, 5) is 36.1. The third kappa shape index (κ3) is 3.85. The molecule has 4 heterocycles. The van der Waals surface area contributed by atoms with Crippen LogP contribution in [0.3, 0.4) is 0 Å². The summed E-state index contributed by atoms with van der Waals surface area (Å²) in [5.74, 6) is 0.371. The highest BCUT2D eigenvalue weighted by molar-refractivity contribution is 5.98. The molecular weight excluding hydrogens is 366 g/mol. The second-order valence-corrected chi connectivity index (χ2v) is 6.47. The first kappa shape index (κ1) is 18.1. The summed E-state index contributed by atoms with van der Waals surface area (Å²) < 4.78 is 11.3. The van der Waals surface area contributed by atoms with Gasteiger partial charge in [-0.15, -0.1) is 0 Å². The average molecular weight is 385 g/mol. The first-order chi connectivity index (χ1) is 13.6. The summed E-state index contributed by atoms with van der Waals surface area (Å²) in [5, 5.41) is 5.49. The Kier molecular flexibility index (Phi) is 5.00. The molecule has 0 spiro atoms. The topological polar surface area (TPSA) is 139 Å². The number of carbonyl (C=O) groups excluding carboxylic acids is 2. The van der Waals surface area contributed by atoms with E-state index < -0.39 is 12.2 Å². The van der Waals surface area contributed by atoms with Crippen LogP contribution < -0.4 is 31.0 Å². The summed E-state index contributed by atoms with van der Waals surface area (Å²) >= 11 is 0. The monoisotopic (exact) mass is 385 g/mol. The van der Waals surface area contributed by atoms with Gasteiger partial charge in [0, 0.05) is 18.7 Å². The van der Waals surface area contributed by atoms with Crippen molar-refractivity contribution in [2.24, 2.45) is 0 Å². The second kappa shape index (κ2) is 7.74. The molecule has 2 amide bonds. The first-order valence-electron chi connectivity index (χ1n) is 8.77. The van der Waals surface area contributed by atoms with Crippen LogP contribution in [0.25, 0.3) is 0 Å². The number of hydrazine groups is 1. The molecule has 146 valence electrons. The standard InChI is InChI=1S/C17H19N7O4/c1-9(4-12-15(25)23-11-5-19-8-20-17(11)28-12)24-21-7-14-16(26)22-10-2-3-18-6-13(10)27-14/h2-3,5-6,8-9,12,14,21,24H,4,7H2,1H3,(H,22,26)(H,23,25). The average Bonchev–Trinajstić information content (AvgIpc) is 2.69. The molecule has 0 aromatic carbocycles. The number of aromatic nitrogens is 3. The van der Waals surface area contributed by atoms with Crippen LogP contribution in [0, 0.1) is 0 Å². The molecule has 0 saturated carbocycles. The fourth-order valence-electron chi connectivity index (χ4n) is 2.89. The quantitative estimate of drug-likeness (QED) is 0.500. The lowest BCUT2D eigenvalue weighted by Crippen LogP contribution is -2.51. The number of pyridine rings is 1. The highest BCUT2D eigenvalue weighted by atomic mass is 16.5. The second-order valence-electron chi connectivity index (χ2n) is 6.47. The van der Waals surface area contributed by atoms with E-state index in [1.807, 2.05) is 6.92 Å². The van der Waals surface area contributed by atoms with E-state index in [0.29, 0.717) is 29.4 Å². The van der Waals surface area contributed by atoms with Crippen molar-refractivity contribution < 1.29 is 19.1 Å². The predicted octanol–water partition coefficient (Wildman–Crippen LogP) is -0.156. The predicted molar refractivity (Wildman–Crippen MR) is 97.6 cm³/mol. The number of fused-ring (bicyclic) bond motifs is 2. The van der Waals surface area contributed by atoms with Gasteiger partial charge < -0.3 is 20.1 Å². The fourth-order valence-corrected chi connectivity index (χ4v) is 2.89. The third-order valence-electron chi connectivity index (χ3n) is 4.29. The van der Waals surface area contributed by atoms with Crippen molar-refractivity contribution >= 4 is 23.2 Å². The molecular formula is C17H19N7O4. The summed E-state index contributed by atoms with van der Waals surface area (Å²) in [6.07, 6.45) is 5.00. The number of anilines is 2. The lowest BCUT2D eigenvalue weighted by molar-refractivity contribution is -0.124. The van der Waals surface area contributed by atoms with Crippen LogP contribution >= 0.6 is 0 Å². The van der Waals surface area contributed by atoms with Crippen molar-refractivity contribution in [2.45, 2.75) is 31.6 Å². The molecule has 11 heteroatoms. The Morgan fingerprint density at radius 1 is 1.11 bits per heavy atom. The van der Waals surface area contributed by atoms with Crippen LogP contribution in [-0.2, 0) is 9.59 Å². The van der Waals surface area contributed by atoms with Gasteiger partial charge in [-0.25, -0.2) is 4.98 Å². The molecule has 4 N–H and O–H groups in total. The number of nitrogens with one attached hydrogen (secondary N) is 4. The van der Waals surface area contributed by atoms with Crippen molar-refractivity contribution in [3.05, 3.63) is 31.0 Å². The van der Waals surface area contributed by atoms with Crippen molar-refractivity contribution in [3.63, 3.8) is 0 Å². The normalized spacial score (nSPS) is 21.3. The van der Waals surface area contributed by atoms with E-state index in [1.54, 1.807) is 18.5 Å². The smallest absolute Gasteiger partial charge is 0.266 e. The van der Waals surface area contributed by atoms with Gasteiger partial charge in [-0.3, -0.25) is 25.4 Å². The minimum absolute atomic E-state index is 0.125.